The van der Waals surface area contributed by atoms with Crippen molar-refractivity contribution in [1.29, 1.82) is 0 Å². The first-order valence-electron chi connectivity index (χ1n) is 5.26. The van der Waals surface area contributed by atoms with E-state index in [1.807, 2.05) is 18.2 Å². The van der Waals surface area contributed by atoms with Gasteiger partial charge in [-0.05, 0) is 36.4 Å². The molecule has 2 nitrogen and oxygen atoms in total. The van der Waals surface area contributed by atoms with Crippen LogP contribution in [0.2, 0.25) is 0 Å². The normalized spacial score (nSPS) is 10.7. The van der Waals surface area contributed by atoms with Crippen molar-refractivity contribution in [1.82, 2.24) is 4.57 Å². The van der Waals surface area contributed by atoms with Gasteiger partial charge >= 0.3 is 0 Å². The summed E-state index contributed by atoms with van der Waals surface area (Å²) in [5.41, 5.74) is 7.82. The first-order chi connectivity index (χ1) is 7.31. The minimum Gasteiger partial charge on any atom is -0.399 e. The van der Waals surface area contributed by atoms with Crippen LogP contribution in [0.3, 0.4) is 0 Å². The Labute approximate surface area is 90.0 Å². The highest BCUT2D eigenvalue weighted by molar-refractivity contribution is 5.83. The molecule has 0 unspecified atom stereocenters. The standard InChI is InChI=1S/C13H16N2/c1-2-3-4-8-15-9-7-11-5-6-12(14)10-13(11)15/h2,5-7,9-10H,1,3-4,8,14H2. The van der Waals surface area contributed by atoms with Crippen LogP contribution in [-0.4, -0.2) is 4.57 Å². The highest BCUT2D eigenvalue weighted by Gasteiger charge is 2.00. The summed E-state index contributed by atoms with van der Waals surface area (Å²) in [6.45, 7) is 4.75. The molecule has 2 rings (SSSR count). The molecule has 1 aromatic carbocycles. The molecule has 0 aliphatic rings. The zero-order chi connectivity index (χ0) is 10.7. The van der Waals surface area contributed by atoms with Gasteiger partial charge in [0.05, 0.1) is 5.52 Å². The zero-order valence-electron chi connectivity index (χ0n) is 8.82. The van der Waals surface area contributed by atoms with Crippen LogP contribution in [0.4, 0.5) is 5.69 Å². The van der Waals surface area contributed by atoms with Crippen LogP contribution in [0.25, 0.3) is 10.9 Å². The Morgan fingerprint density at radius 1 is 1.33 bits per heavy atom. The predicted octanol–water partition coefficient (Wildman–Crippen LogP) is 3.19. The van der Waals surface area contributed by atoms with E-state index in [-0.39, 0.29) is 0 Å². The maximum absolute atomic E-state index is 5.78. The van der Waals surface area contributed by atoms with E-state index in [0.717, 1.165) is 25.1 Å². The van der Waals surface area contributed by atoms with Crippen molar-refractivity contribution in [2.75, 3.05) is 5.73 Å². The number of anilines is 1. The van der Waals surface area contributed by atoms with Gasteiger partial charge in [-0.2, -0.15) is 0 Å². The lowest BCUT2D eigenvalue weighted by Crippen LogP contribution is -1.95. The van der Waals surface area contributed by atoms with Crippen LogP contribution in [0, 0.1) is 0 Å². The number of allylic oxidation sites excluding steroid dienone is 1. The third-order valence-corrected chi connectivity index (χ3v) is 2.61. The van der Waals surface area contributed by atoms with Gasteiger partial charge in [-0.1, -0.05) is 12.1 Å². The Hall–Kier alpha value is -1.70. The number of nitrogens with zero attached hydrogens (tertiary/aromatic N) is 1. The van der Waals surface area contributed by atoms with Crippen LogP contribution >= 0.6 is 0 Å². The molecule has 0 aliphatic heterocycles. The number of hydrogen-bond acceptors (Lipinski definition) is 1. The number of fused-ring (bicyclic) bond motifs is 1. The molecule has 15 heavy (non-hydrogen) atoms. The molecule has 2 heteroatoms. The monoisotopic (exact) mass is 200 g/mol. The maximum Gasteiger partial charge on any atom is 0.0500 e. The first kappa shape index (κ1) is 9.84. The third kappa shape index (κ3) is 2.04. The Balaban J connectivity index is 2.27. The Bertz CT molecular complexity index is 468. The van der Waals surface area contributed by atoms with Gasteiger partial charge in [-0.3, -0.25) is 0 Å². The molecule has 0 fully saturated rings. The smallest absolute Gasteiger partial charge is 0.0500 e. The maximum atomic E-state index is 5.78. The van der Waals surface area contributed by atoms with Crippen molar-refractivity contribution in [3.63, 3.8) is 0 Å². The lowest BCUT2D eigenvalue weighted by molar-refractivity contribution is 0.671. The molecule has 0 amide bonds. The van der Waals surface area contributed by atoms with Crippen LogP contribution < -0.4 is 5.73 Å². The molecule has 0 saturated heterocycles. The van der Waals surface area contributed by atoms with E-state index < -0.39 is 0 Å². The predicted molar refractivity (Wildman–Crippen MR) is 65.8 cm³/mol. The van der Waals surface area contributed by atoms with E-state index in [1.54, 1.807) is 0 Å². The van der Waals surface area contributed by atoms with Crippen molar-refractivity contribution in [2.24, 2.45) is 0 Å². The Kier molecular flexibility index (Phi) is 2.77. The highest BCUT2D eigenvalue weighted by Crippen LogP contribution is 2.19. The Morgan fingerprint density at radius 2 is 2.20 bits per heavy atom. The Morgan fingerprint density at radius 3 is 3.00 bits per heavy atom. The molecule has 0 atom stereocenters. The van der Waals surface area contributed by atoms with Gasteiger partial charge < -0.3 is 10.3 Å². The van der Waals surface area contributed by atoms with Gasteiger partial charge in [-0.15, -0.1) is 6.58 Å². The summed E-state index contributed by atoms with van der Waals surface area (Å²) < 4.78 is 2.25. The van der Waals surface area contributed by atoms with Gasteiger partial charge in [0.15, 0.2) is 0 Å². The lowest BCUT2D eigenvalue weighted by Gasteiger charge is -2.04. The second-order valence-electron chi connectivity index (χ2n) is 3.76. The second kappa shape index (κ2) is 4.22. The summed E-state index contributed by atoms with van der Waals surface area (Å²) in [5, 5.41) is 1.25. The summed E-state index contributed by atoms with van der Waals surface area (Å²) in [5.74, 6) is 0. The van der Waals surface area contributed by atoms with Gasteiger partial charge in [0, 0.05) is 18.4 Å². The molecule has 2 aromatic rings. The average Bonchev–Trinajstić information content (AvgIpc) is 2.62. The summed E-state index contributed by atoms with van der Waals surface area (Å²) >= 11 is 0. The van der Waals surface area contributed by atoms with E-state index in [9.17, 15) is 0 Å². The van der Waals surface area contributed by atoms with Crippen molar-refractivity contribution in [3.05, 3.63) is 43.1 Å². The molecule has 1 aromatic heterocycles. The molecule has 0 aliphatic carbocycles. The van der Waals surface area contributed by atoms with Crippen molar-refractivity contribution in [3.8, 4) is 0 Å². The number of aryl methyl sites for hydroxylation is 1. The summed E-state index contributed by atoms with van der Waals surface area (Å²) in [6.07, 6.45) is 6.26. The minimum atomic E-state index is 0.825. The molecular formula is C13H16N2. The van der Waals surface area contributed by atoms with Crippen molar-refractivity contribution >= 4 is 16.6 Å². The molecule has 0 bridgehead atoms. The van der Waals surface area contributed by atoms with Gasteiger partial charge in [-0.25, -0.2) is 0 Å². The highest BCUT2D eigenvalue weighted by atomic mass is 14.9. The fourth-order valence-corrected chi connectivity index (χ4v) is 1.80. The first-order valence-corrected chi connectivity index (χ1v) is 5.26. The quantitative estimate of drug-likeness (QED) is 0.458. The van der Waals surface area contributed by atoms with Crippen LogP contribution in [-0.2, 0) is 6.54 Å². The number of benzene rings is 1. The topological polar surface area (TPSA) is 30.9 Å². The van der Waals surface area contributed by atoms with Crippen LogP contribution in [0.5, 0.6) is 0 Å². The largest absolute Gasteiger partial charge is 0.399 e. The number of hydrogen-bond donors (Lipinski definition) is 1. The van der Waals surface area contributed by atoms with E-state index in [4.69, 9.17) is 5.73 Å². The van der Waals surface area contributed by atoms with Crippen LogP contribution in [0.15, 0.2) is 43.1 Å². The van der Waals surface area contributed by atoms with E-state index in [1.165, 1.54) is 10.9 Å². The number of rotatable bonds is 4. The molecule has 2 N–H and O–H groups in total. The summed E-state index contributed by atoms with van der Waals surface area (Å²) in [7, 11) is 0. The fourth-order valence-electron chi connectivity index (χ4n) is 1.80. The number of aromatic nitrogens is 1. The van der Waals surface area contributed by atoms with Gasteiger partial charge in [0.2, 0.25) is 0 Å². The SMILES string of the molecule is C=CCCCn1ccc2ccc(N)cc21. The molecule has 0 radical (unpaired) electrons. The third-order valence-electron chi connectivity index (χ3n) is 2.61. The summed E-state index contributed by atoms with van der Waals surface area (Å²) in [4.78, 5) is 0. The molecule has 1 heterocycles. The zero-order valence-corrected chi connectivity index (χ0v) is 8.82. The van der Waals surface area contributed by atoms with Crippen LogP contribution in [0.1, 0.15) is 12.8 Å². The van der Waals surface area contributed by atoms with Gasteiger partial charge in [0.1, 0.15) is 0 Å². The minimum absolute atomic E-state index is 0.825. The number of unbranched alkanes of at least 4 members (excludes halogenated alkanes) is 1. The number of nitrogens with two attached hydrogens (primary N) is 1. The molecule has 0 saturated carbocycles. The summed E-state index contributed by atoms with van der Waals surface area (Å²) in [6, 6.07) is 8.16. The second-order valence-corrected chi connectivity index (χ2v) is 3.76. The molecule has 78 valence electrons. The van der Waals surface area contributed by atoms with Gasteiger partial charge in [0.25, 0.3) is 0 Å². The number of nitrogen functional groups attached to an aromatic ring is 1. The fraction of sp³-hybridized carbons (Fsp3) is 0.231. The van der Waals surface area contributed by atoms with Crippen molar-refractivity contribution < 1.29 is 0 Å². The molecule has 0 spiro atoms. The lowest BCUT2D eigenvalue weighted by atomic mass is 10.2. The van der Waals surface area contributed by atoms with E-state index in [2.05, 4.69) is 29.5 Å². The van der Waals surface area contributed by atoms with E-state index >= 15 is 0 Å². The van der Waals surface area contributed by atoms with Crippen molar-refractivity contribution in [2.45, 2.75) is 19.4 Å². The molecular weight excluding hydrogens is 184 g/mol. The average molecular weight is 200 g/mol. The van der Waals surface area contributed by atoms with E-state index in [0.29, 0.717) is 0 Å².